The number of amides is 4. The monoisotopic (exact) mass is 2140 g/mol. The summed E-state index contributed by atoms with van der Waals surface area (Å²) in [4.78, 5) is 161. The van der Waals surface area contributed by atoms with E-state index in [0.29, 0.717) is 17.5 Å². The fourth-order valence-corrected chi connectivity index (χ4v) is 16.8. The molecule has 5 unspecified atom stereocenters. The topological polar surface area (TPSA) is 931 Å². The molecule has 5 aromatic rings. The van der Waals surface area contributed by atoms with Crippen LogP contribution in [-0.4, -0.2) is 393 Å². The Hall–Kier alpha value is -11.7. The van der Waals surface area contributed by atoms with Gasteiger partial charge < -0.3 is 191 Å². The summed E-state index contributed by atoms with van der Waals surface area (Å²) in [6.07, 6.45) is -29.7. The van der Waals surface area contributed by atoms with Crippen molar-refractivity contribution in [2.75, 3.05) is 23.4 Å². The fraction of sp³-hybridized carbons (Fsp3) is 0.573. The number of aromatic amines is 1. The number of anilines is 2. The average molecular weight is 2140 g/mol. The Labute approximate surface area is 836 Å². The average Bonchev–Trinajstić information content (AvgIpc) is 1.58. The molecule has 11 fully saturated rings. The molecule has 17 rings (SSSR count). The Morgan fingerprint density at radius 2 is 1.05 bits per heavy atom. The number of benzene rings is 3. The number of aliphatic hydroxyl groups is 11. The number of thiol groups is 1. The molecule has 794 valence electrons. The van der Waals surface area contributed by atoms with E-state index >= 15 is 0 Å². The van der Waals surface area contributed by atoms with E-state index in [2.05, 4.69) is 108 Å². The number of carbonyl (C=O) groups excluding carboxylic acids is 6. The molecular weight excluding hydrogens is 2040 g/mol. The molecule has 11 aliphatic heterocycles. The predicted octanol–water partition coefficient (Wildman–Crippen LogP) is -5.99. The Morgan fingerprint density at radius 3 is 1.54 bits per heavy atom. The number of nitrogen functional groups attached to an aromatic ring is 1. The van der Waals surface area contributed by atoms with E-state index in [1.54, 1.807) is 41.5 Å². The number of H-pyrrole nitrogens is 1. The van der Waals surface area contributed by atoms with Crippen molar-refractivity contribution in [3.05, 3.63) is 133 Å². The van der Waals surface area contributed by atoms with E-state index < -0.39 is 297 Å². The molecule has 13 heterocycles. The zero-order chi connectivity index (χ0) is 107. The summed E-state index contributed by atoms with van der Waals surface area (Å²) >= 11 is 12.2. The summed E-state index contributed by atoms with van der Waals surface area (Å²) in [6, 6.07) is 10.8. The number of carbonyl (C=O) groups is 11. The van der Waals surface area contributed by atoms with Crippen LogP contribution >= 0.6 is 18.8 Å². The first-order chi connectivity index (χ1) is 68.8. The second-order valence-corrected chi connectivity index (χ2v) is 37.0. The van der Waals surface area contributed by atoms with Crippen LogP contribution in [0.25, 0.3) is 43.2 Å². The molecule has 4 amide bonds. The molecule has 32 atom stereocenters. The second kappa shape index (κ2) is 49.0. The van der Waals surface area contributed by atoms with Crippen LogP contribution in [0.15, 0.2) is 94.0 Å². The van der Waals surface area contributed by atoms with Gasteiger partial charge in [0.05, 0.1) is 18.4 Å². The predicted molar refractivity (Wildman–Crippen MR) is 487 cm³/mol. The molecule has 146 heavy (non-hydrogen) atoms. The van der Waals surface area contributed by atoms with Gasteiger partial charge in [-0.05, 0) is 106 Å². The van der Waals surface area contributed by atoms with E-state index in [-0.39, 0.29) is 47.5 Å². The van der Waals surface area contributed by atoms with Gasteiger partial charge in [0.2, 0.25) is 17.8 Å². The van der Waals surface area contributed by atoms with Crippen LogP contribution in [0.5, 0.6) is 0 Å². The molecule has 0 saturated carbocycles. The second-order valence-electron chi connectivity index (χ2n) is 34.7. The SMILES string of the molecule is CC1(C)O[C@H]2O[C@H]([C@@H](N=[N+]=[N-])C(=O)O)[C@H](O)[C@H]2O1.CC1(C)O[C@H]2O[C@H]3[C@H](OC(=O)[C@@H]3N=[N+]=[N-])[C@H]2O1.CC1(C)O[C@H]2O[C@H]3[C@H](OC(=O)[C@H]3O)[C@H]2O1.NC(C(=O)O)C1O[C@H](O)[C@H](O)[C@H]1O.Nc1nc2ncc(CNc3ccc(C(=O)N[C@@H](CCC(=O)N[C@@H](C(=O)N[C@@H](CS)C(=O)O)C4O[C@H](O)[C@H](O)[C@H]4O)C(=O)O)cc3)nc2c(=O)[nH]1.O=C(NC(C(=O)O)C1O[C@H](O)[C@H](O)[C@H]1O)OCC1c2ccccc2-c2ccccc21.S=[P+]=S. The van der Waals surface area contributed by atoms with Crippen molar-refractivity contribution in [2.24, 2.45) is 16.0 Å². The third kappa shape index (κ3) is 27.1. The number of aliphatic hydroxyl groups excluding tert-OH is 11. The zero-order valence-electron chi connectivity index (χ0n) is 76.7. The van der Waals surface area contributed by atoms with Crippen molar-refractivity contribution in [1.82, 2.24) is 41.2 Å². The van der Waals surface area contributed by atoms with Crippen LogP contribution < -0.4 is 43.6 Å². The first-order valence-electron chi connectivity index (χ1n) is 43.6. The van der Waals surface area contributed by atoms with Crippen LogP contribution in [0.2, 0.25) is 0 Å². The number of aliphatic carboxylic acids is 5. The number of fused-ring (bicyclic) bond motifs is 11. The molecule has 0 spiro atoms. The van der Waals surface area contributed by atoms with Gasteiger partial charge in [-0.3, -0.25) is 38.5 Å². The van der Waals surface area contributed by atoms with Gasteiger partial charge in [0, 0.05) is 39.2 Å². The summed E-state index contributed by atoms with van der Waals surface area (Å²) in [6.45, 7) is 10.5. The normalized spacial score (nSPS) is 31.5. The number of carboxylic acid groups (broad SMARTS) is 5. The number of carboxylic acids is 5. The van der Waals surface area contributed by atoms with Crippen molar-refractivity contribution >= 4 is 131 Å². The number of nitrogens with one attached hydrogen (secondary N) is 6. The number of nitrogens with two attached hydrogens (primary N) is 2. The van der Waals surface area contributed by atoms with Crippen LogP contribution in [0.1, 0.15) is 87.5 Å². The molecule has 64 heteroatoms. The van der Waals surface area contributed by atoms with Crippen LogP contribution in [-0.2, 0) is 144 Å². The number of esters is 2. The van der Waals surface area contributed by atoms with Crippen molar-refractivity contribution in [1.29, 1.82) is 0 Å². The molecule has 26 N–H and O–H groups in total. The summed E-state index contributed by atoms with van der Waals surface area (Å²) in [5.74, 6) is -14.4. The van der Waals surface area contributed by atoms with Gasteiger partial charge in [-0.1, -0.05) is 58.8 Å². The molecule has 3 aromatic carbocycles. The van der Waals surface area contributed by atoms with Crippen molar-refractivity contribution < 1.29 is 205 Å². The maximum atomic E-state index is 12.9. The molecule has 2 aromatic heterocycles. The van der Waals surface area contributed by atoms with Crippen molar-refractivity contribution in [2.45, 2.75) is 280 Å². The van der Waals surface area contributed by atoms with Gasteiger partial charge in [0.1, 0.15) is 116 Å². The van der Waals surface area contributed by atoms with Crippen LogP contribution in [0.4, 0.5) is 16.4 Å². The first-order valence-corrected chi connectivity index (χ1v) is 47.1. The standard InChI is InChI=1S/C28H33N9O12S.C21H21NO8.C9H13N3O6.C9H11N3O5.C9H12O6.C6H11NO6.PS2/c29-28-36-21-17(24(43)37-28)32-12(8-31-21)7-30-11-3-1-10(2-4-11)22(41)33-13(25(44)45)5-6-15(38)35-16(20-18(39)19(40)27(48)49-20)23(42)34-14(9-50)26(46)47;23-16-17(24)20(27)30-18(16)15(19(25)26)22-21(28)29-9-14-12-7-3-1-5-10(12)11-6-2-4-8-13(11)14;1-9(2)17-6-4(13)5(16-8(6)18-9)3(7(14)15)11-12-10;1-9(2)16-6-5-4(15-8(6)17-9)3(11-12-10)7(13)14-5;1-9(2)14-6-5-4(13-8(6)15-9)3(10)7(11)12-5;7-1(5(10)11)4-2(8)3(9)6(12)13-4;2-1-3/h1-4,8,13-14,16,18-20,27,30,39-40,48,50H,5-7,9H2,(H,33,41)(H,34,42)(H,35,38)(H,44,45)(H,46,47)(H3,29,31,36,37,43);1-8,14-18,20,23-24,27H,9H2,(H,22,28)(H,25,26);3-6,8,13H,1-2H3,(H,14,15);3-6,8H,1-2H3;3-6,8,10H,1-2H3;1-4,6,8-9,12H,7H2,(H,10,11);/q;;;;;;+1/t13-,14-,16+,18+,19+,20?,27-;15?,16-,17-,18?,20+;3-,4+,5-,6-,8-;3-,4-,5+,6-,8-;3-,4+,5-,6+,8+;1?,2-,3-,4?,6+;/m011101./s1. The Morgan fingerprint density at radius 1 is 0.555 bits per heavy atom. The minimum absolute atomic E-state index is 0.000676. The van der Waals surface area contributed by atoms with Gasteiger partial charge >= 0.3 is 77.6 Å². The van der Waals surface area contributed by atoms with E-state index in [1.807, 2.05) is 48.5 Å². The van der Waals surface area contributed by atoms with Gasteiger partial charge in [0.25, 0.3) is 11.5 Å². The minimum atomic E-state index is -1.93. The van der Waals surface area contributed by atoms with E-state index in [0.717, 1.165) is 22.3 Å². The Bertz CT molecular complexity index is 5770. The molecule has 0 radical (unpaired) electrons. The molecular formula is C82H101N17O43PS3+. The van der Waals surface area contributed by atoms with Gasteiger partial charge in [-0.2, -0.15) is 17.6 Å². The van der Waals surface area contributed by atoms with E-state index in [1.165, 1.54) is 30.5 Å². The molecule has 0 bridgehead atoms. The van der Waals surface area contributed by atoms with Crippen LogP contribution in [0.3, 0.4) is 0 Å². The van der Waals surface area contributed by atoms with Crippen molar-refractivity contribution in [3.63, 3.8) is 0 Å². The summed E-state index contributed by atoms with van der Waals surface area (Å²) in [5, 5.41) is 169. The summed E-state index contributed by atoms with van der Waals surface area (Å²) in [7, 11) is 0. The fourth-order valence-electron chi connectivity index (χ4n) is 16.6. The quantitative estimate of drug-likeness (QED) is 0.00466. The number of nitrogens with zero attached hydrogens (tertiary/aromatic N) is 9. The Kier molecular flexibility index (Phi) is 38.5. The number of aromatic nitrogens is 4. The van der Waals surface area contributed by atoms with Crippen LogP contribution in [0, 0.1) is 0 Å². The number of alkyl carbamates (subject to hydrolysis) is 1. The van der Waals surface area contributed by atoms with E-state index in [9.17, 15) is 114 Å². The van der Waals surface area contributed by atoms with Gasteiger partial charge in [-0.25, -0.2) is 33.9 Å². The molecule has 60 nitrogen and oxygen atoms in total. The van der Waals surface area contributed by atoms with Crippen molar-refractivity contribution in [3.8, 4) is 11.1 Å². The van der Waals surface area contributed by atoms with Gasteiger partial charge in [0.15, 0.2) is 115 Å². The summed E-state index contributed by atoms with van der Waals surface area (Å²) < 4.78 is 78.9. The number of ether oxygens (including phenoxy) is 15. The number of hydrogen-bond donors (Lipinski definition) is 25. The first kappa shape index (κ1) is 115. The Balaban J connectivity index is 0.000000179. The third-order valence-electron chi connectivity index (χ3n) is 23.4. The molecule has 12 aliphatic rings. The number of rotatable bonds is 26. The molecule has 1 aliphatic carbocycles. The zero-order valence-corrected chi connectivity index (χ0v) is 80.1. The molecule has 11 saturated heterocycles. The number of azide groups is 2. The maximum absolute atomic E-state index is 12.9. The number of hydrogen-bond acceptors (Lipinski definition) is 49. The van der Waals surface area contributed by atoms with Gasteiger partial charge in [-0.15, -0.1) is 0 Å². The van der Waals surface area contributed by atoms with E-state index in [4.69, 9.17) is 114 Å². The third-order valence-corrected chi connectivity index (χ3v) is 23.8. The summed E-state index contributed by atoms with van der Waals surface area (Å²) in [5.41, 5.74) is 32.0.